The van der Waals surface area contributed by atoms with E-state index in [0.717, 1.165) is 5.56 Å². The van der Waals surface area contributed by atoms with Crippen LogP contribution in [-0.4, -0.2) is 22.9 Å². The molecule has 0 spiro atoms. The maximum atomic E-state index is 12.3. The van der Waals surface area contributed by atoms with Crippen LogP contribution >= 0.6 is 0 Å². The minimum Gasteiger partial charge on any atom is -0.375 e. The Kier molecular flexibility index (Phi) is 5.71. The molecular formula is C18H22N4O3. The van der Waals surface area contributed by atoms with Crippen molar-refractivity contribution < 1.29 is 9.72 Å². The summed E-state index contributed by atoms with van der Waals surface area (Å²) in [5.74, 6) is -0.395. The minimum absolute atomic E-state index is 0.144. The summed E-state index contributed by atoms with van der Waals surface area (Å²) in [6, 6.07) is 13.9. The van der Waals surface area contributed by atoms with Gasteiger partial charge in [0.2, 0.25) is 0 Å². The van der Waals surface area contributed by atoms with E-state index < -0.39 is 16.4 Å². The number of rotatable bonds is 7. The zero-order valence-corrected chi connectivity index (χ0v) is 14.3. The summed E-state index contributed by atoms with van der Waals surface area (Å²) >= 11 is 0. The SMILES string of the molecule is CC(C)(CN)NC(=O)c1ccc(NCc2ccccc2)c([N+](=O)[O-])c1. The van der Waals surface area contributed by atoms with Crippen LogP contribution in [0.4, 0.5) is 11.4 Å². The zero-order valence-electron chi connectivity index (χ0n) is 14.3. The van der Waals surface area contributed by atoms with Crippen LogP contribution < -0.4 is 16.4 Å². The van der Waals surface area contributed by atoms with Crippen molar-refractivity contribution in [2.75, 3.05) is 11.9 Å². The average molecular weight is 342 g/mol. The van der Waals surface area contributed by atoms with Crippen LogP contribution in [0.1, 0.15) is 29.8 Å². The largest absolute Gasteiger partial charge is 0.375 e. The van der Waals surface area contributed by atoms with E-state index in [1.807, 2.05) is 30.3 Å². The summed E-state index contributed by atoms with van der Waals surface area (Å²) in [5.41, 5.74) is 6.45. The molecule has 0 aromatic heterocycles. The maximum Gasteiger partial charge on any atom is 0.293 e. The van der Waals surface area contributed by atoms with Gasteiger partial charge in [0.25, 0.3) is 11.6 Å². The van der Waals surface area contributed by atoms with E-state index >= 15 is 0 Å². The number of amides is 1. The van der Waals surface area contributed by atoms with Crippen LogP contribution in [0.15, 0.2) is 48.5 Å². The number of benzene rings is 2. The van der Waals surface area contributed by atoms with Crippen molar-refractivity contribution in [1.82, 2.24) is 5.32 Å². The van der Waals surface area contributed by atoms with E-state index in [4.69, 9.17) is 5.73 Å². The highest BCUT2D eigenvalue weighted by Gasteiger charge is 2.22. The fourth-order valence-electron chi connectivity index (χ4n) is 2.20. The molecule has 0 radical (unpaired) electrons. The Labute approximate surface area is 146 Å². The Balaban J connectivity index is 2.19. The Morgan fingerprint density at radius 3 is 2.48 bits per heavy atom. The molecule has 25 heavy (non-hydrogen) atoms. The Morgan fingerprint density at radius 1 is 1.20 bits per heavy atom. The third kappa shape index (κ3) is 5.02. The second-order valence-corrected chi connectivity index (χ2v) is 6.37. The first-order valence-corrected chi connectivity index (χ1v) is 7.91. The molecule has 7 heteroatoms. The van der Waals surface area contributed by atoms with Gasteiger partial charge < -0.3 is 16.4 Å². The molecule has 0 heterocycles. The summed E-state index contributed by atoms with van der Waals surface area (Å²) < 4.78 is 0. The standard InChI is InChI=1S/C18H22N4O3/c1-18(2,12-19)21-17(23)14-8-9-15(16(10-14)22(24)25)20-11-13-6-4-3-5-7-13/h3-10,20H,11-12,19H2,1-2H3,(H,21,23). The normalized spacial score (nSPS) is 11.0. The number of carbonyl (C=O) groups is 1. The van der Waals surface area contributed by atoms with Gasteiger partial charge >= 0.3 is 0 Å². The molecule has 0 saturated heterocycles. The third-order valence-corrected chi connectivity index (χ3v) is 3.74. The highest BCUT2D eigenvalue weighted by Crippen LogP contribution is 2.26. The van der Waals surface area contributed by atoms with Crippen molar-refractivity contribution in [2.24, 2.45) is 5.73 Å². The molecule has 0 atom stereocenters. The lowest BCUT2D eigenvalue weighted by atomic mass is 10.0. The van der Waals surface area contributed by atoms with Crippen molar-refractivity contribution in [3.8, 4) is 0 Å². The van der Waals surface area contributed by atoms with Gasteiger partial charge in [-0.3, -0.25) is 14.9 Å². The van der Waals surface area contributed by atoms with Crippen molar-refractivity contribution in [3.05, 3.63) is 69.8 Å². The fraction of sp³-hybridized carbons (Fsp3) is 0.278. The van der Waals surface area contributed by atoms with Crippen LogP contribution in [0.5, 0.6) is 0 Å². The summed E-state index contributed by atoms with van der Waals surface area (Å²) in [6.07, 6.45) is 0. The van der Waals surface area contributed by atoms with Crippen molar-refractivity contribution in [1.29, 1.82) is 0 Å². The molecule has 2 aromatic carbocycles. The second kappa shape index (κ2) is 7.76. The average Bonchev–Trinajstić information content (AvgIpc) is 2.60. The summed E-state index contributed by atoms with van der Waals surface area (Å²) in [4.78, 5) is 23.1. The number of nitro benzene ring substituents is 1. The first kappa shape index (κ1) is 18.4. The molecule has 0 aliphatic heterocycles. The zero-order chi connectivity index (χ0) is 18.4. The molecule has 0 aliphatic carbocycles. The van der Waals surface area contributed by atoms with Crippen molar-refractivity contribution in [2.45, 2.75) is 25.9 Å². The van der Waals surface area contributed by atoms with Crippen LogP contribution in [-0.2, 0) is 6.54 Å². The van der Waals surface area contributed by atoms with Crippen LogP contribution in [0.25, 0.3) is 0 Å². The van der Waals surface area contributed by atoms with Gasteiger partial charge in [0.1, 0.15) is 5.69 Å². The molecule has 1 amide bonds. The van der Waals surface area contributed by atoms with E-state index in [-0.39, 0.29) is 17.8 Å². The Hall–Kier alpha value is -2.93. The number of carbonyl (C=O) groups excluding carboxylic acids is 1. The second-order valence-electron chi connectivity index (χ2n) is 6.37. The van der Waals surface area contributed by atoms with Crippen molar-refractivity contribution >= 4 is 17.3 Å². The maximum absolute atomic E-state index is 12.3. The van der Waals surface area contributed by atoms with E-state index in [1.165, 1.54) is 6.07 Å². The molecular weight excluding hydrogens is 320 g/mol. The van der Waals surface area contributed by atoms with Gasteiger partial charge in [-0.25, -0.2) is 0 Å². The molecule has 0 aliphatic rings. The predicted octanol–water partition coefficient (Wildman–Crippen LogP) is 2.67. The van der Waals surface area contributed by atoms with Crippen LogP contribution in [0.3, 0.4) is 0 Å². The molecule has 7 nitrogen and oxygen atoms in total. The number of nitrogens with one attached hydrogen (secondary N) is 2. The monoisotopic (exact) mass is 342 g/mol. The number of nitrogens with zero attached hydrogens (tertiary/aromatic N) is 1. The lowest BCUT2D eigenvalue weighted by Crippen LogP contribution is -2.48. The quantitative estimate of drug-likeness (QED) is 0.529. The minimum atomic E-state index is -0.587. The number of hydrogen-bond acceptors (Lipinski definition) is 5. The molecule has 2 aromatic rings. The fourth-order valence-corrected chi connectivity index (χ4v) is 2.20. The first-order chi connectivity index (χ1) is 11.8. The highest BCUT2D eigenvalue weighted by atomic mass is 16.6. The lowest BCUT2D eigenvalue weighted by Gasteiger charge is -2.24. The van der Waals surface area contributed by atoms with Gasteiger partial charge in [-0.2, -0.15) is 0 Å². The Morgan fingerprint density at radius 2 is 1.88 bits per heavy atom. The molecule has 132 valence electrons. The van der Waals surface area contributed by atoms with E-state index in [1.54, 1.807) is 26.0 Å². The van der Waals surface area contributed by atoms with Gasteiger partial charge in [-0.05, 0) is 31.5 Å². The number of anilines is 1. The summed E-state index contributed by atoms with van der Waals surface area (Å²) in [5, 5.41) is 17.2. The number of nitrogens with two attached hydrogens (primary N) is 1. The topological polar surface area (TPSA) is 110 Å². The van der Waals surface area contributed by atoms with Gasteiger partial charge in [-0.15, -0.1) is 0 Å². The van der Waals surface area contributed by atoms with E-state index in [9.17, 15) is 14.9 Å². The van der Waals surface area contributed by atoms with Gasteiger partial charge in [0, 0.05) is 30.3 Å². The lowest BCUT2D eigenvalue weighted by molar-refractivity contribution is -0.384. The first-order valence-electron chi connectivity index (χ1n) is 7.91. The molecule has 0 unspecified atom stereocenters. The molecule has 0 fully saturated rings. The summed E-state index contributed by atoms with van der Waals surface area (Å²) in [7, 11) is 0. The number of nitro groups is 1. The van der Waals surface area contributed by atoms with Crippen molar-refractivity contribution in [3.63, 3.8) is 0 Å². The molecule has 4 N–H and O–H groups in total. The number of hydrogen-bond donors (Lipinski definition) is 3. The smallest absolute Gasteiger partial charge is 0.293 e. The summed E-state index contributed by atoms with van der Waals surface area (Å²) in [6.45, 7) is 4.29. The van der Waals surface area contributed by atoms with E-state index in [2.05, 4.69) is 10.6 Å². The predicted molar refractivity (Wildman–Crippen MR) is 97.5 cm³/mol. The van der Waals surface area contributed by atoms with Crippen LogP contribution in [0, 0.1) is 10.1 Å². The molecule has 0 bridgehead atoms. The highest BCUT2D eigenvalue weighted by molar-refractivity contribution is 5.96. The van der Waals surface area contributed by atoms with Gasteiger partial charge in [0.15, 0.2) is 0 Å². The van der Waals surface area contributed by atoms with Crippen LogP contribution in [0.2, 0.25) is 0 Å². The third-order valence-electron chi connectivity index (χ3n) is 3.74. The van der Waals surface area contributed by atoms with E-state index in [0.29, 0.717) is 12.2 Å². The van der Waals surface area contributed by atoms with Gasteiger partial charge in [-0.1, -0.05) is 30.3 Å². The molecule has 2 rings (SSSR count). The van der Waals surface area contributed by atoms with Gasteiger partial charge in [0.05, 0.1) is 4.92 Å². The Bertz CT molecular complexity index is 760. The molecule has 0 saturated carbocycles.